The van der Waals surface area contributed by atoms with Crippen molar-refractivity contribution in [3.63, 3.8) is 0 Å². The van der Waals surface area contributed by atoms with Gasteiger partial charge in [-0.2, -0.15) is 5.10 Å². The third-order valence-electron chi connectivity index (χ3n) is 7.14. The number of methoxy groups -OCH3 is 1. The van der Waals surface area contributed by atoms with Crippen LogP contribution in [0.1, 0.15) is 22.3 Å². The molecule has 0 aliphatic carbocycles. The number of aromatic nitrogens is 3. The van der Waals surface area contributed by atoms with Gasteiger partial charge in [0.15, 0.2) is 5.15 Å². The largest absolute Gasteiger partial charge is 0.481 e. The Balaban J connectivity index is 1.45. The highest BCUT2D eigenvalue weighted by Gasteiger charge is 2.24. The number of halogens is 4. The van der Waals surface area contributed by atoms with Crippen molar-refractivity contribution in [2.75, 3.05) is 25.6 Å². The monoisotopic (exact) mass is 661 g/mol. The van der Waals surface area contributed by atoms with Gasteiger partial charge in [-0.05, 0) is 30.7 Å². The number of amides is 1. The lowest BCUT2D eigenvalue weighted by Crippen LogP contribution is -2.46. The van der Waals surface area contributed by atoms with Crippen LogP contribution in [0.4, 0.5) is 10.1 Å². The summed E-state index contributed by atoms with van der Waals surface area (Å²) in [5.74, 6) is -1.17. The molecule has 5 rings (SSSR count). The highest BCUT2D eigenvalue weighted by Crippen LogP contribution is 2.42. The number of aliphatic hydroxyl groups excluding tert-OH is 1. The molecule has 44 heavy (non-hydrogen) atoms. The maximum atomic E-state index is 14.9. The van der Waals surface area contributed by atoms with Crippen molar-refractivity contribution in [2.24, 2.45) is 7.05 Å². The molecule has 10 nitrogen and oxygen atoms in total. The van der Waals surface area contributed by atoms with E-state index >= 15 is 0 Å². The van der Waals surface area contributed by atoms with Crippen LogP contribution < -0.4 is 20.9 Å². The lowest BCUT2D eigenvalue weighted by atomic mass is 10.00. The quantitative estimate of drug-likeness (QED) is 0.238. The lowest BCUT2D eigenvalue weighted by molar-refractivity contribution is -0.0281. The van der Waals surface area contributed by atoms with Gasteiger partial charge >= 0.3 is 0 Å². The van der Waals surface area contributed by atoms with Crippen molar-refractivity contribution in [2.45, 2.75) is 25.1 Å². The standard InChI is InChI=1S/C30H27Cl3FN5O5/c1-39-30(42)20(12-25(31)38-39)28(41)36-23-11-16(34)10-19(27(23)33)17-4-3-5-18(26(17)32)21-7-6-15(29(37-21)43-2)13-35-22-8-9-44-14-24(22)40/h3-7,10-12,22,24,35,40H,8-9,13-14H2,1-2H3,(H,36,41)/t22?,24-/m0/s1. The fraction of sp³-hybridized carbons (Fsp3) is 0.267. The van der Waals surface area contributed by atoms with E-state index in [4.69, 9.17) is 44.3 Å². The van der Waals surface area contributed by atoms with E-state index in [-0.39, 0.29) is 44.7 Å². The summed E-state index contributed by atoms with van der Waals surface area (Å²) >= 11 is 19.4. The molecule has 14 heteroatoms. The van der Waals surface area contributed by atoms with Crippen LogP contribution >= 0.6 is 34.8 Å². The molecular formula is C30H27Cl3FN5O5. The molecule has 1 aliphatic heterocycles. The first-order valence-electron chi connectivity index (χ1n) is 13.4. The number of aryl methyl sites for hydroxylation is 1. The number of nitrogens with zero attached hydrogens (tertiary/aromatic N) is 3. The Morgan fingerprint density at radius 2 is 1.91 bits per heavy atom. The molecule has 0 radical (unpaired) electrons. The van der Waals surface area contributed by atoms with Crippen LogP contribution in [0.15, 0.2) is 53.3 Å². The maximum Gasteiger partial charge on any atom is 0.279 e. The van der Waals surface area contributed by atoms with Crippen LogP contribution in [0.5, 0.6) is 5.88 Å². The number of anilines is 1. The van der Waals surface area contributed by atoms with Gasteiger partial charge in [-0.1, -0.05) is 59.1 Å². The molecule has 2 atom stereocenters. The predicted octanol–water partition coefficient (Wildman–Crippen LogP) is 5.11. The number of hydrogen-bond donors (Lipinski definition) is 3. The van der Waals surface area contributed by atoms with Crippen LogP contribution in [0.2, 0.25) is 15.2 Å². The smallest absolute Gasteiger partial charge is 0.279 e. The number of rotatable bonds is 8. The van der Waals surface area contributed by atoms with Crippen molar-refractivity contribution < 1.29 is 23.8 Å². The van der Waals surface area contributed by atoms with Gasteiger partial charge in [0.25, 0.3) is 11.5 Å². The average molecular weight is 663 g/mol. The molecule has 0 saturated carbocycles. The number of carbonyl (C=O) groups excluding carboxylic acids is 1. The third kappa shape index (κ3) is 6.73. The Kier molecular flexibility index (Phi) is 9.84. The minimum absolute atomic E-state index is 0.00182. The second kappa shape index (κ2) is 13.6. The number of hydrogen-bond acceptors (Lipinski definition) is 8. The molecule has 1 saturated heterocycles. The van der Waals surface area contributed by atoms with E-state index < -0.39 is 23.4 Å². The zero-order valence-corrected chi connectivity index (χ0v) is 25.8. The van der Waals surface area contributed by atoms with Gasteiger partial charge in [0.1, 0.15) is 11.4 Å². The summed E-state index contributed by atoms with van der Waals surface area (Å²) in [6.45, 7) is 1.27. The van der Waals surface area contributed by atoms with Gasteiger partial charge in [0.05, 0.1) is 41.2 Å². The summed E-state index contributed by atoms with van der Waals surface area (Å²) in [5, 5.41) is 19.9. The summed E-state index contributed by atoms with van der Waals surface area (Å²) in [6.07, 6.45) is 0.0792. The number of ether oxygens (including phenoxy) is 2. The minimum Gasteiger partial charge on any atom is -0.481 e. The number of nitrogens with one attached hydrogen (secondary N) is 2. The maximum absolute atomic E-state index is 14.9. The summed E-state index contributed by atoms with van der Waals surface area (Å²) < 4.78 is 26.6. The average Bonchev–Trinajstić information content (AvgIpc) is 3.00. The van der Waals surface area contributed by atoms with Crippen LogP contribution in [-0.2, 0) is 18.3 Å². The summed E-state index contributed by atoms with van der Waals surface area (Å²) in [4.78, 5) is 30.0. The molecule has 230 valence electrons. The minimum atomic E-state index is -0.842. The molecule has 1 unspecified atom stereocenters. The fourth-order valence-corrected chi connectivity index (χ4v) is 5.68. The Labute approximate surface area is 266 Å². The normalized spacial score (nSPS) is 16.5. The Bertz CT molecular complexity index is 1790. The Morgan fingerprint density at radius 3 is 2.66 bits per heavy atom. The van der Waals surface area contributed by atoms with E-state index in [2.05, 4.69) is 20.7 Å². The van der Waals surface area contributed by atoms with Gasteiger partial charge in [0, 0.05) is 48.5 Å². The van der Waals surface area contributed by atoms with Crippen molar-refractivity contribution in [1.82, 2.24) is 20.1 Å². The Hall–Kier alpha value is -3.58. The number of carbonyl (C=O) groups is 1. The van der Waals surface area contributed by atoms with Crippen LogP contribution in [-0.4, -0.2) is 58.2 Å². The first kappa shape index (κ1) is 31.8. The van der Waals surface area contributed by atoms with E-state index in [1.165, 1.54) is 20.2 Å². The molecule has 1 amide bonds. The van der Waals surface area contributed by atoms with Crippen molar-refractivity contribution in [3.8, 4) is 28.3 Å². The van der Waals surface area contributed by atoms with Gasteiger partial charge in [-0.25, -0.2) is 14.1 Å². The van der Waals surface area contributed by atoms with Crippen molar-refractivity contribution >= 4 is 46.4 Å². The molecule has 3 N–H and O–H groups in total. The van der Waals surface area contributed by atoms with Gasteiger partial charge in [0.2, 0.25) is 5.88 Å². The summed E-state index contributed by atoms with van der Waals surface area (Å²) in [5.41, 5.74) is 1.33. The summed E-state index contributed by atoms with van der Waals surface area (Å²) in [6, 6.07) is 12.0. The molecule has 0 bridgehead atoms. The second-order valence-corrected chi connectivity index (χ2v) is 11.2. The molecule has 1 fully saturated rings. The lowest BCUT2D eigenvalue weighted by Gasteiger charge is -2.28. The molecule has 2 aromatic heterocycles. The third-order valence-corrected chi connectivity index (χ3v) is 8.14. The topological polar surface area (TPSA) is 128 Å². The highest BCUT2D eigenvalue weighted by atomic mass is 35.5. The van der Waals surface area contributed by atoms with Gasteiger partial charge < -0.3 is 25.2 Å². The van der Waals surface area contributed by atoms with Crippen LogP contribution in [0.25, 0.3) is 22.4 Å². The molecule has 0 spiro atoms. The van der Waals surface area contributed by atoms with Crippen LogP contribution in [0, 0.1) is 5.82 Å². The molecule has 1 aliphatic rings. The SMILES string of the molecule is COc1nc(-c2cccc(-c3cc(F)cc(NC(=O)c4cc(Cl)nn(C)c4=O)c3Cl)c2Cl)ccc1CNC1CCOC[C@@H]1O. The highest BCUT2D eigenvalue weighted by molar-refractivity contribution is 6.39. The molecule has 3 heterocycles. The van der Waals surface area contributed by atoms with Gasteiger partial charge in [-0.15, -0.1) is 0 Å². The van der Waals surface area contributed by atoms with Gasteiger partial charge in [-0.3, -0.25) is 9.59 Å². The van der Waals surface area contributed by atoms with Crippen molar-refractivity contribution in [3.05, 3.63) is 91.0 Å². The van der Waals surface area contributed by atoms with E-state index in [0.717, 1.165) is 22.4 Å². The van der Waals surface area contributed by atoms with E-state index in [1.807, 2.05) is 6.07 Å². The zero-order chi connectivity index (χ0) is 31.5. The fourth-order valence-electron chi connectivity index (χ4n) is 4.87. The Morgan fingerprint density at radius 1 is 1.14 bits per heavy atom. The van der Waals surface area contributed by atoms with E-state index in [9.17, 15) is 19.1 Å². The second-order valence-electron chi connectivity index (χ2n) is 10.0. The first-order chi connectivity index (χ1) is 21.1. The molecular weight excluding hydrogens is 636 g/mol. The summed E-state index contributed by atoms with van der Waals surface area (Å²) in [7, 11) is 2.86. The number of benzene rings is 2. The number of aliphatic hydroxyl groups is 1. The molecule has 4 aromatic rings. The van der Waals surface area contributed by atoms with Crippen LogP contribution in [0.3, 0.4) is 0 Å². The zero-order valence-electron chi connectivity index (χ0n) is 23.5. The van der Waals surface area contributed by atoms with Crippen molar-refractivity contribution in [1.29, 1.82) is 0 Å². The number of pyridine rings is 1. The van der Waals surface area contributed by atoms with E-state index in [0.29, 0.717) is 42.3 Å². The predicted molar refractivity (Wildman–Crippen MR) is 166 cm³/mol. The first-order valence-corrected chi connectivity index (χ1v) is 14.6. The van der Waals surface area contributed by atoms with E-state index in [1.54, 1.807) is 24.3 Å². The molecule has 2 aromatic carbocycles.